The predicted molar refractivity (Wildman–Crippen MR) is 98.4 cm³/mol. The van der Waals surface area contributed by atoms with Gasteiger partial charge in [-0.05, 0) is 5.92 Å². The van der Waals surface area contributed by atoms with Gasteiger partial charge in [-0.15, -0.1) is 6.58 Å². The number of benzene rings is 1. The molecular formula is C18H17ClF3N5. The Kier molecular flexibility index (Phi) is 5.36. The fourth-order valence-corrected chi connectivity index (χ4v) is 3.19. The lowest BCUT2D eigenvalue weighted by molar-refractivity contribution is 0.547. The monoisotopic (exact) mass is 395 g/mol. The highest BCUT2D eigenvalue weighted by atomic mass is 35.5. The molecule has 1 aromatic carbocycles. The summed E-state index contributed by atoms with van der Waals surface area (Å²) in [6.45, 7) is 8.62. The van der Waals surface area contributed by atoms with Crippen LogP contribution in [0.15, 0.2) is 31.1 Å². The summed E-state index contributed by atoms with van der Waals surface area (Å²) in [7, 11) is 0. The highest BCUT2D eigenvalue weighted by Gasteiger charge is 2.27. The van der Waals surface area contributed by atoms with Crippen LogP contribution in [0.1, 0.15) is 13.8 Å². The molecule has 0 aliphatic rings. The maximum atomic E-state index is 14.5. The minimum absolute atomic E-state index is 0.0211. The summed E-state index contributed by atoms with van der Waals surface area (Å²) < 4.78 is 43.8. The molecule has 0 bridgehead atoms. The second-order valence-corrected chi connectivity index (χ2v) is 6.76. The van der Waals surface area contributed by atoms with Crippen molar-refractivity contribution < 1.29 is 13.2 Å². The van der Waals surface area contributed by atoms with Gasteiger partial charge < -0.3 is 4.90 Å². The first-order chi connectivity index (χ1) is 12.8. The zero-order valence-electron chi connectivity index (χ0n) is 14.8. The molecule has 27 heavy (non-hydrogen) atoms. The number of hydrogen-bond donors (Lipinski definition) is 0. The Morgan fingerprint density at radius 1 is 1.22 bits per heavy atom. The van der Waals surface area contributed by atoms with Crippen LogP contribution >= 0.6 is 11.6 Å². The summed E-state index contributed by atoms with van der Waals surface area (Å²) in [6, 6.07) is 1.20. The molecule has 0 amide bonds. The second-order valence-electron chi connectivity index (χ2n) is 6.41. The fraction of sp³-hybridized carbons (Fsp3) is 0.278. The van der Waals surface area contributed by atoms with Crippen LogP contribution < -0.4 is 4.90 Å². The van der Waals surface area contributed by atoms with Crippen molar-refractivity contribution in [2.24, 2.45) is 5.92 Å². The Balaban J connectivity index is 2.39. The predicted octanol–water partition coefficient (Wildman–Crippen LogP) is 4.51. The van der Waals surface area contributed by atoms with Crippen LogP contribution in [0, 0.1) is 23.4 Å². The lowest BCUT2D eigenvalue weighted by atomic mass is 10.0. The molecule has 0 radical (unpaired) electrons. The largest absolute Gasteiger partial charge is 0.352 e. The molecule has 3 rings (SSSR count). The minimum atomic E-state index is -1.08. The number of halogens is 4. The van der Waals surface area contributed by atoms with Crippen molar-refractivity contribution in [2.45, 2.75) is 13.8 Å². The molecule has 0 aliphatic heterocycles. The van der Waals surface area contributed by atoms with Gasteiger partial charge >= 0.3 is 0 Å². The minimum Gasteiger partial charge on any atom is -0.352 e. The van der Waals surface area contributed by atoms with E-state index in [1.165, 1.54) is 10.8 Å². The van der Waals surface area contributed by atoms with Gasteiger partial charge in [-0.1, -0.05) is 31.5 Å². The summed E-state index contributed by atoms with van der Waals surface area (Å²) in [4.78, 5) is 9.91. The van der Waals surface area contributed by atoms with E-state index < -0.39 is 23.0 Å². The Morgan fingerprint density at radius 3 is 2.48 bits per heavy atom. The van der Waals surface area contributed by atoms with E-state index in [1.54, 1.807) is 6.08 Å². The summed E-state index contributed by atoms with van der Waals surface area (Å²) >= 11 is 6.29. The molecule has 0 fully saturated rings. The molecule has 0 saturated heterocycles. The van der Waals surface area contributed by atoms with Crippen molar-refractivity contribution in [1.29, 1.82) is 0 Å². The Labute approximate surface area is 159 Å². The van der Waals surface area contributed by atoms with E-state index in [0.717, 1.165) is 0 Å². The smallest absolute Gasteiger partial charge is 0.255 e. The summed E-state index contributed by atoms with van der Waals surface area (Å²) in [5.41, 5.74) is -0.494. The van der Waals surface area contributed by atoms with E-state index in [4.69, 9.17) is 11.6 Å². The van der Waals surface area contributed by atoms with Gasteiger partial charge in [0.05, 0.1) is 11.1 Å². The third-order valence-corrected chi connectivity index (χ3v) is 4.12. The van der Waals surface area contributed by atoms with E-state index in [9.17, 15) is 13.2 Å². The fourth-order valence-electron chi connectivity index (χ4n) is 2.94. The normalized spacial score (nSPS) is 11.4. The SMILES string of the molecule is C=CCN(CC(C)C)c1c(-c2c(F)cc(F)cc2F)c(Cl)nc2ncnn12. The van der Waals surface area contributed by atoms with E-state index in [0.29, 0.717) is 31.0 Å². The maximum Gasteiger partial charge on any atom is 0.255 e. The van der Waals surface area contributed by atoms with Crippen molar-refractivity contribution in [2.75, 3.05) is 18.0 Å². The van der Waals surface area contributed by atoms with Crippen LogP contribution in [0.4, 0.5) is 19.0 Å². The highest BCUT2D eigenvalue weighted by molar-refractivity contribution is 6.33. The van der Waals surface area contributed by atoms with Gasteiger partial charge in [0.2, 0.25) is 0 Å². The van der Waals surface area contributed by atoms with E-state index in [2.05, 4.69) is 21.6 Å². The average molecular weight is 396 g/mol. The topological polar surface area (TPSA) is 46.3 Å². The van der Waals surface area contributed by atoms with Crippen molar-refractivity contribution in [1.82, 2.24) is 19.6 Å². The van der Waals surface area contributed by atoms with Crippen LogP contribution in [-0.2, 0) is 0 Å². The number of nitrogens with zero attached hydrogens (tertiary/aromatic N) is 5. The molecule has 0 N–H and O–H groups in total. The molecule has 142 valence electrons. The molecule has 0 saturated carbocycles. The maximum absolute atomic E-state index is 14.5. The first-order valence-corrected chi connectivity index (χ1v) is 8.61. The molecule has 2 aromatic heterocycles. The molecule has 5 nitrogen and oxygen atoms in total. The lowest BCUT2D eigenvalue weighted by Crippen LogP contribution is -2.30. The zero-order chi connectivity index (χ0) is 19.7. The molecule has 0 unspecified atom stereocenters. The molecule has 9 heteroatoms. The van der Waals surface area contributed by atoms with Crippen molar-refractivity contribution in [3.63, 3.8) is 0 Å². The molecule has 2 heterocycles. The second kappa shape index (κ2) is 7.56. The van der Waals surface area contributed by atoms with Gasteiger partial charge in [-0.25, -0.2) is 13.2 Å². The summed E-state index contributed by atoms with van der Waals surface area (Å²) in [5.74, 6) is -2.49. The van der Waals surface area contributed by atoms with Crippen LogP contribution in [0.5, 0.6) is 0 Å². The summed E-state index contributed by atoms with van der Waals surface area (Å²) in [5, 5.41) is 3.96. The Hall–Kier alpha value is -2.61. The van der Waals surface area contributed by atoms with E-state index in [1.807, 2.05) is 18.7 Å². The standard InChI is InChI=1S/C18H17ClF3N5/c1-4-5-26(8-10(2)3)17-15(14-12(21)6-11(20)7-13(14)22)16(19)25-18-23-9-24-27(17)18/h4,6-7,9-10H,1,5,8H2,2-3H3. The van der Waals surface area contributed by atoms with Gasteiger partial charge in [0, 0.05) is 25.2 Å². The number of fused-ring (bicyclic) bond motifs is 1. The van der Waals surface area contributed by atoms with Gasteiger partial charge in [-0.2, -0.15) is 19.6 Å². The van der Waals surface area contributed by atoms with E-state index in [-0.39, 0.29) is 22.4 Å². The zero-order valence-corrected chi connectivity index (χ0v) is 15.5. The first-order valence-electron chi connectivity index (χ1n) is 8.23. The highest BCUT2D eigenvalue weighted by Crippen LogP contribution is 2.39. The lowest BCUT2D eigenvalue weighted by Gasteiger charge is -2.28. The van der Waals surface area contributed by atoms with E-state index >= 15 is 0 Å². The Morgan fingerprint density at radius 2 is 1.89 bits per heavy atom. The number of hydrogen-bond acceptors (Lipinski definition) is 4. The van der Waals surface area contributed by atoms with Gasteiger partial charge in [0.25, 0.3) is 5.78 Å². The molecule has 0 atom stereocenters. The third kappa shape index (κ3) is 3.62. The molecule has 0 spiro atoms. The van der Waals surface area contributed by atoms with Crippen LogP contribution in [0.2, 0.25) is 5.15 Å². The van der Waals surface area contributed by atoms with Crippen LogP contribution in [0.25, 0.3) is 16.9 Å². The number of aromatic nitrogens is 4. The summed E-state index contributed by atoms with van der Waals surface area (Å²) in [6.07, 6.45) is 2.92. The van der Waals surface area contributed by atoms with Crippen molar-refractivity contribution in [3.05, 3.63) is 53.7 Å². The van der Waals surface area contributed by atoms with Gasteiger partial charge in [0.15, 0.2) is 0 Å². The van der Waals surface area contributed by atoms with Crippen LogP contribution in [0.3, 0.4) is 0 Å². The first kappa shape index (κ1) is 19.2. The molecule has 3 aromatic rings. The third-order valence-electron chi connectivity index (χ3n) is 3.85. The van der Waals surface area contributed by atoms with Gasteiger partial charge in [-0.3, -0.25) is 0 Å². The number of rotatable bonds is 6. The van der Waals surface area contributed by atoms with Crippen LogP contribution in [-0.4, -0.2) is 32.7 Å². The average Bonchev–Trinajstić information content (AvgIpc) is 3.01. The molecular weight excluding hydrogens is 379 g/mol. The van der Waals surface area contributed by atoms with Gasteiger partial charge in [0.1, 0.15) is 34.7 Å². The van der Waals surface area contributed by atoms with Crippen molar-refractivity contribution >= 4 is 23.2 Å². The number of anilines is 1. The molecule has 0 aliphatic carbocycles. The quantitative estimate of drug-likeness (QED) is 0.455. The van der Waals surface area contributed by atoms with Crippen molar-refractivity contribution in [3.8, 4) is 11.1 Å². The Bertz CT molecular complexity index is 979.